The Labute approximate surface area is 153 Å². The fourth-order valence-electron chi connectivity index (χ4n) is 2.70. The molecule has 3 N–H and O–H groups in total. The van der Waals surface area contributed by atoms with Crippen LogP contribution in [0.5, 0.6) is 5.75 Å². The topological polar surface area (TPSA) is 93.8 Å². The van der Waals surface area contributed by atoms with Crippen LogP contribution in [0.3, 0.4) is 0 Å². The van der Waals surface area contributed by atoms with Gasteiger partial charge in [0.2, 0.25) is 0 Å². The Morgan fingerprint density at radius 2 is 1.44 bits per heavy atom. The number of nitrogens with two attached hydrogens (primary N) is 1. The van der Waals surface area contributed by atoms with Gasteiger partial charge in [-0.05, 0) is 41.5 Å². The quantitative estimate of drug-likeness (QED) is 0.614. The summed E-state index contributed by atoms with van der Waals surface area (Å²) in [5.74, 6) is 0.0921. The Kier molecular flexibility index (Phi) is 4.43. The lowest BCUT2D eigenvalue weighted by atomic mass is 9.89. The van der Waals surface area contributed by atoms with Crippen molar-refractivity contribution in [1.82, 2.24) is 0 Å². The minimum absolute atomic E-state index is 0.0921. The maximum absolute atomic E-state index is 9.75. The van der Waals surface area contributed by atoms with Crippen molar-refractivity contribution in [1.29, 1.82) is 10.5 Å². The van der Waals surface area contributed by atoms with Crippen molar-refractivity contribution in [3.05, 3.63) is 70.2 Å². The molecule has 0 bridgehead atoms. The van der Waals surface area contributed by atoms with Gasteiger partial charge in [-0.2, -0.15) is 10.5 Å². The molecule has 0 atom stereocenters. The standard InChI is InChI=1S/C20H12BrN3O/c21-14-6-4-12(5-7-14)16-9-17(13-2-1-3-15(25)8-13)19(11-23)20(24)18(16)10-22/h1-9,25H,24H2. The van der Waals surface area contributed by atoms with Gasteiger partial charge < -0.3 is 10.8 Å². The number of hydrogen-bond donors (Lipinski definition) is 2. The van der Waals surface area contributed by atoms with Gasteiger partial charge in [0.1, 0.15) is 17.9 Å². The van der Waals surface area contributed by atoms with E-state index in [1.807, 2.05) is 24.3 Å². The zero-order chi connectivity index (χ0) is 18.0. The summed E-state index contributed by atoms with van der Waals surface area (Å²) in [6.45, 7) is 0. The third kappa shape index (κ3) is 3.06. The first-order chi connectivity index (χ1) is 12.0. The Morgan fingerprint density at radius 3 is 2.00 bits per heavy atom. The van der Waals surface area contributed by atoms with Crippen LogP contribution in [-0.4, -0.2) is 5.11 Å². The second-order valence-corrected chi connectivity index (χ2v) is 6.33. The predicted molar refractivity (Wildman–Crippen MR) is 101 cm³/mol. The summed E-state index contributed by atoms with van der Waals surface area (Å²) in [6.07, 6.45) is 0. The fraction of sp³-hybridized carbons (Fsp3) is 0. The maximum atomic E-state index is 9.75. The zero-order valence-corrected chi connectivity index (χ0v) is 14.6. The second-order valence-electron chi connectivity index (χ2n) is 5.42. The number of benzene rings is 3. The van der Waals surface area contributed by atoms with E-state index in [9.17, 15) is 15.6 Å². The molecule has 0 amide bonds. The van der Waals surface area contributed by atoms with E-state index in [4.69, 9.17) is 5.73 Å². The van der Waals surface area contributed by atoms with E-state index in [0.717, 1.165) is 10.0 Å². The molecule has 3 rings (SSSR count). The Morgan fingerprint density at radius 1 is 0.840 bits per heavy atom. The molecule has 3 aromatic carbocycles. The third-order valence-corrected chi connectivity index (χ3v) is 4.43. The summed E-state index contributed by atoms with van der Waals surface area (Å²) < 4.78 is 0.921. The summed E-state index contributed by atoms with van der Waals surface area (Å²) in [7, 11) is 0. The number of hydrogen-bond acceptors (Lipinski definition) is 4. The van der Waals surface area contributed by atoms with Gasteiger partial charge in [0.05, 0.1) is 16.8 Å². The van der Waals surface area contributed by atoms with Crippen LogP contribution in [0.1, 0.15) is 11.1 Å². The molecular weight excluding hydrogens is 378 g/mol. The molecule has 0 aromatic heterocycles. The minimum atomic E-state index is 0.0921. The van der Waals surface area contributed by atoms with Crippen LogP contribution in [0.25, 0.3) is 22.3 Å². The number of halogens is 1. The van der Waals surface area contributed by atoms with E-state index in [0.29, 0.717) is 16.7 Å². The van der Waals surface area contributed by atoms with Gasteiger partial charge in [0, 0.05) is 15.6 Å². The number of rotatable bonds is 2. The first-order valence-corrected chi connectivity index (χ1v) is 8.16. The van der Waals surface area contributed by atoms with Gasteiger partial charge in [0.15, 0.2) is 0 Å². The van der Waals surface area contributed by atoms with Gasteiger partial charge in [0.25, 0.3) is 0 Å². The minimum Gasteiger partial charge on any atom is -0.508 e. The van der Waals surface area contributed by atoms with Crippen molar-refractivity contribution in [2.75, 3.05) is 5.73 Å². The molecule has 0 fully saturated rings. The molecule has 0 unspecified atom stereocenters. The number of phenolic OH excluding ortho intramolecular Hbond substituents is 1. The van der Waals surface area contributed by atoms with E-state index >= 15 is 0 Å². The van der Waals surface area contributed by atoms with Crippen molar-refractivity contribution < 1.29 is 5.11 Å². The summed E-state index contributed by atoms with van der Waals surface area (Å²) in [6, 6.07) is 20.0. The number of aromatic hydroxyl groups is 1. The van der Waals surface area contributed by atoms with Gasteiger partial charge in [-0.15, -0.1) is 0 Å². The molecule has 120 valence electrons. The maximum Gasteiger partial charge on any atom is 0.116 e. The molecule has 4 nitrogen and oxygen atoms in total. The first-order valence-electron chi connectivity index (χ1n) is 7.37. The van der Waals surface area contributed by atoms with Gasteiger partial charge in [-0.1, -0.05) is 40.2 Å². The van der Waals surface area contributed by atoms with Crippen LogP contribution in [0, 0.1) is 22.7 Å². The smallest absolute Gasteiger partial charge is 0.116 e. The predicted octanol–water partition coefficient (Wildman–Crippen LogP) is 4.81. The lowest BCUT2D eigenvalue weighted by molar-refractivity contribution is 0.475. The normalized spacial score (nSPS) is 10.0. The SMILES string of the molecule is N#Cc1c(-c2ccc(Br)cc2)cc(-c2cccc(O)c2)c(C#N)c1N. The molecule has 5 heteroatoms. The van der Waals surface area contributed by atoms with Crippen molar-refractivity contribution in [2.24, 2.45) is 0 Å². The van der Waals surface area contributed by atoms with Crippen LogP contribution in [-0.2, 0) is 0 Å². The van der Waals surface area contributed by atoms with Crippen molar-refractivity contribution >= 4 is 21.6 Å². The molecule has 0 saturated heterocycles. The highest BCUT2D eigenvalue weighted by molar-refractivity contribution is 9.10. The molecular formula is C20H12BrN3O. The average Bonchev–Trinajstić information content (AvgIpc) is 2.61. The van der Waals surface area contributed by atoms with Crippen molar-refractivity contribution in [3.8, 4) is 40.1 Å². The van der Waals surface area contributed by atoms with E-state index < -0.39 is 0 Å². The summed E-state index contributed by atoms with van der Waals surface area (Å²) in [5, 5.41) is 28.8. The van der Waals surface area contributed by atoms with E-state index in [1.54, 1.807) is 30.3 Å². The Bertz CT molecular complexity index is 1040. The second kappa shape index (κ2) is 6.68. The first kappa shape index (κ1) is 16.6. The molecule has 0 radical (unpaired) electrons. The molecule has 0 heterocycles. The van der Waals surface area contributed by atoms with Crippen LogP contribution in [0.2, 0.25) is 0 Å². The van der Waals surface area contributed by atoms with Gasteiger partial charge >= 0.3 is 0 Å². The van der Waals surface area contributed by atoms with Crippen molar-refractivity contribution in [2.45, 2.75) is 0 Å². The molecule has 0 aliphatic heterocycles. The Balaban J connectivity index is 2.35. The van der Waals surface area contributed by atoms with Crippen LogP contribution in [0.15, 0.2) is 59.1 Å². The molecule has 0 spiro atoms. The summed E-state index contributed by atoms with van der Waals surface area (Å²) in [4.78, 5) is 0. The number of nitrogens with zero attached hydrogens (tertiary/aromatic N) is 2. The largest absolute Gasteiger partial charge is 0.508 e. The number of nitriles is 2. The molecule has 3 aromatic rings. The van der Waals surface area contributed by atoms with Gasteiger partial charge in [-0.3, -0.25) is 0 Å². The highest BCUT2D eigenvalue weighted by atomic mass is 79.9. The van der Waals surface area contributed by atoms with Crippen molar-refractivity contribution in [3.63, 3.8) is 0 Å². The summed E-state index contributed by atoms with van der Waals surface area (Å²) >= 11 is 3.39. The molecule has 0 aliphatic carbocycles. The zero-order valence-electron chi connectivity index (χ0n) is 13.0. The summed E-state index contributed by atoms with van der Waals surface area (Å²) in [5.41, 5.74) is 9.46. The highest BCUT2D eigenvalue weighted by Crippen LogP contribution is 2.38. The van der Waals surface area contributed by atoms with Gasteiger partial charge in [-0.25, -0.2) is 0 Å². The number of anilines is 1. The monoisotopic (exact) mass is 389 g/mol. The molecule has 0 aliphatic rings. The lowest BCUT2D eigenvalue weighted by Gasteiger charge is -2.14. The third-order valence-electron chi connectivity index (χ3n) is 3.90. The molecule has 25 heavy (non-hydrogen) atoms. The lowest BCUT2D eigenvalue weighted by Crippen LogP contribution is -2.00. The van der Waals surface area contributed by atoms with E-state index in [2.05, 4.69) is 28.1 Å². The van der Waals surface area contributed by atoms with Crippen LogP contribution < -0.4 is 5.73 Å². The van der Waals surface area contributed by atoms with Crippen LogP contribution >= 0.6 is 15.9 Å². The van der Waals surface area contributed by atoms with E-state index in [1.165, 1.54) is 0 Å². The Hall–Kier alpha value is -3.28. The van der Waals surface area contributed by atoms with E-state index in [-0.39, 0.29) is 22.6 Å². The highest BCUT2D eigenvalue weighted by Gasteiger charge is 2.18. The van der Waals surface area contributed by atoms with Crippen LogP contribution in [0.4, 0.5) is 5.69 Å². The number of phenols is 1. The number of nitrogen functional groups attached to an aromatic ring is 1. The average molecular weight is 390 g/mol. The molecule has 0 saturated carbocycles. The fourth-order valence-corrected chi connectivity index (χ4v) is 2.97.